The molecule has 0 spiro atoms. The Bertz CT molecular complexity index is 1280. The molecule has 12 heteroatoms. The molecule has 1 amide bonds. The molecule has 1 aliphatic heterocycles. The number of hydrogen-bond donors (Lipinski definition) is 1. The average Bonchev–Trinajstić information content (AvgIpc) is 3.46. The first kappa shape index (κ1) is 20.9. The van der Waals surface area contributed by atoms with Gasteiger partial charge in [0.25, 0.3) is 5.82 Å². The number of hydrogen-bond acceptors (Lipinski definition) is 6. The Hall–Kier alpha value is -3.96. The molecular weight excluding hydrogens is 437 g/mol. The van der Waals surface area contributed by atoms with Gasteiger partial charge in [-0.2, -0.15) is 22.8 Å². The molecule has 0 unspecified atom stereocenters. The van der Waals surface area contributed by atoms with E-state index in [0.717, 1.165) is 5.69 Å². The van der Waals surface area contributed by atoms with Crippen LogP contribution in [0.3, 0.4) is 0 Å². The van der Waals surface area contributed by atoms with E-state index in [2.05, 4.69) is 25.7 Å². The largest absolute Gasteiger partial charge is 0.453 e. The number of amides is 1. The second-order valence-electron chi connectivity index (χ2n) is 7.71. The molecular formula is C21H19F3N8O. The number of nitrogens with one attached hydrogen (secondary N) is 1. The molecule has 1 N–H and O–H groups in total. The number of aromatic nitrogens is 6. The normalized spacial score (nSPS) is 15.2. The monoisotopic (exact) mass is 456 g/mol. The molecule has 9 nitrogen and oxygen atoms in total. The average molecular weight is 456 g/mol. The fraction of sp³-hybridized carbons (Fsp3) is 0.286. The molecule has 0 radical (unpaired) electrons. The van der Waals surface area contributed by atoms with Crippen LogP contribution in [0.4, 0.5) is 24.8 Å². The van der Waals surface area contributed by atoms with Crippen LogP contribution in [0.25, 0.3) is 11.3 Å². The van der Waals surface area contributed by atoms with Crippen LogP contribution in [-0.2, 0) is 11.0 Å². The zero-order valence-electron chi connectivity index (χ0n) is 17.3. The second kappa shape index (κ2) is 8.19. The van der Waals surface area contributed by atoms with Crippen molar-refractivity contribution in [1.82, 2.24) is 29.6 Å². The Kier molecular flexibility index (Phi) is 5.19. The van der Waals surface area contributed by atoms with Crippen molar-refractivity contribution in [3.63, 3.8) is 0 Å². The van der Waals surface area contributed by atoms with Gasteiger partial charge in [-0.3, -0.25) is 4.79 Å². The Morgan fingerprint density at radius 3 is 2.45 bits per heavy atom. The summed E-state index contributed by atoms with van der Waals surface area (Å²) < 4.78 is 41.7. The van der Waals surface area contributed by atoms with E-state index in [9.17, 15) is 18.0 Å². The van der Waals surface area contributed by atoms with Gasteiger partial charge >= 0.3 is 6.18 Å². The van der Waals surface area contributed by atoms with Crippen molar-refractivity contribution in [2.24, 2.45) is 5.92 Å². The highest BCUT2D eigenvalue weighted by atomic mass is 19.4. The molecule has 0 atom stereocenters. The van der Waals surface area contributed by atoms with Gasteiger partial charge in [0.1, 0.15) is 5.82 Å². The van der Waals surface area contributed by atoms with Crippen molar-refractivity contribution >= 4 is 23.2 Å². The van der Waals surface area contributed by atoms with Gasteiger partial charge in [-0.1, -0.05) is 18.2 Å². The van der Waals surface area contributed by atoms with E-state index in [1.54, 1.807) is 23.0 Å². The van der Waals surface area contributed by atoms with Crippen LogP contribution in [0.1, 0.15) is 18.7 Å². The maximum Gasteiger partial charge on any atom is 0.453 e. The van der Waals surface area contributed by atoms with Crippen molar-refractivity contribution in [1.29, 1.82) is 0 Å². The van der Waals surface area contributed by atoms with Crippen molar-refractivity contribution in [3.05, 3.63) is 60.6 Å². The Labute approximate surface area is 185 Å². The van der Waals surface area contributed by atoms with Crippen LogP contribution in [-0.4, -0.2) is 48.6 Å². The van der Waals surface area contributed by atoms with Gasteiger partial charge in [0, 0.05) is 31.3 Å². The van der Waals surface area contributed by atoms with Crippen LogP contribution in [0.2, 0.25) is 0 Å². The van der Waals surface area contributed by atoms with Crippen LogP contribution in [0, 0.1) is 5.92 Å². The predicted molar refractivity (Wildman–Crippen MR) is 113 cm³/mol. The summed E-state index contributed by atoms with van der Waals surface area (Å²) in [6, 6.07) is 14.3. The van der Waals surface area contributed by atoms with E-state index in [1.165, 1.54) is 6.07 Å². The zero-order chi connectivity index (χ0) is 23.0. The first-order valence-corrected chi connectivity index (χ1v) is 10.3. The third-order valence-electron chi connectivity index (χ3n) is 5.55. The van der Waals surface area contributed by atoms with Gasteiger partial charge in [-0.05, 0) is 37.1 Å². The lowest BCUT2D eigenvalue weighted by atomic mass is 9.96. The number of carbonyl (C=O) groups is 1. The van der Waals surface area contributed by atoms with Crippen molar-refractivity contribution in [3.8, 4) is 5.69 Å². The van der Waals surface area contributed by atoms with Gasteiger partial charge in [-0.25, -0.2) is 4.68 Å². The summed E-state index contributed by atoms with van der Waals surface area (Å²) in [5, 5.41) is 18.0. The van der Waals surface area contributed by atoms with Crippen LogP contribution < -0.4 is 10.2 Å². The molecule has 1 fully saturated rings. The highest BCUT2D eigenvalue weighted by molar-refractivity contribution is 5.91. The molecule has 0 bridgehead atoms. The highest BCUT2D eigenvalue weighted by Gasteiger charge is 2.38. The van der Waals surface area contributed by atoms with Crippen molar-refractivity contribution in [2.75, 3.05) is 23.3 Å². The predicted octanol–water partition coefficient (Wildman–Crippen LogP) is 3.18. The molecule has 3 aromatic heterocycles. The summed E-state index contributed by atoms with van der Waals surface area (Å²) in [4.78, 5) is 14.6. The quantitative estimate of drug-likeness (QED) is 0.507. The number of fused-ring (bicyclic) bond motifs is 1. The number of benzene rings is 1. The number of para-hydroxylation sites is 1. The molecule has 33 heavy (non-hydrogen) atoms. The number of carbonyl (C=O) groups excluding carboxylic acids is 1. The number of alkyl halides is 3. The number of anilines is 2. The van der Waals surface area contributed by atoms with Gasteiger partial charge in [0.2, 0.25) is 5.91 Å². The van der Waals surface area contributed by atoms with Gasteiger partial charge in [-0.15, -0.1) is 15.3 Å². The Morgan fingerprint density at radius 1 is 0.970 bits per heavy atom. The summed E-state index contributed by atoms with van der Waals surface area (Å²) in [6.45, 7) is 0.969. The maximum atomic E-state index is 13.1. The molecule has 0 aliphatic carbocycles. The fourth-order valence-electron chi connectivity index (χ4n) is 3.84. The number of nitrogens with zero attached hydrogens (tertiary/aromatic N) is 7. The van der Waals surface area contributed by atoms with E-state index >= 15 is 0 Å². The zero-order valence-corrected chi connectivity index (χ0v) is 17.3. The fourth-order valence-corrected chi connectivity index (χ4v) is 3.84. The molecule has 1 aromatic carbocycles. The molecule has 1 saturated heterocycles. The number of rotatable bonds is 4. The third-order valence-corrected chi connectivity index (χ3v) is 5.55. The second-order valence-corrected chi connectivity index (χ2v) is 7.71. The maximum absolute atomic E-state index is 13.1. The van der Waals surface area contributed by atoms with Crippen molar-refractivity contribution < 1.29 is 18.0 Å². The van der Waals surface area contributed by atoms with Crippen LogP contribution in [0.5, 0.6) is 0 Å². The minimum atomic E-state index is -4.65. The van der Waals surface area contributed by atoms with Gasteiger partial charge in [0.05, 0.1) is 5.69 Å². The highest BCUT2D eigenvalue weighted by Crippen LogP contribution is 2.29. The summed E-state index contributed by atoms with van der Waals surface area (Å²) in [7, 11) is 0. The number of halogens is 3. The topological polar surface area (TPSA) is 93.2 Å². The smallest absolute Gasteiger partial charge is 0.355 e. The standard InChI is InChI=1S/C21H19F3N8O/c22-21(23,24)20-27-26-17-6-7-18(29-32(17)20)30-11-8-14(9-12-30)19(33)25-16-10-13-31(28-16)15-4-2-1-3-5-15/h1-7,10,13-14H,8-9,11-12H2,(H,25,28,33). The SMILES string of the molecule is O=C(Nc1ccn(-c2ccccc2)n1)C1CCN(c2ccc3nnc(C(F)(F)F)n3n2)CC1. The molecule has 170 valence electrons. The Morgan fingerprint density at radius 2 is 1.73 bits per heavy atom. The summed E-state index contributed by atoms with van der Waals surface area (Å²) >= 11 is 0. The van der Waals surface area contributed by atoms with Crippen molar-refractivity contribution in [2.45, 2.75) is 19.0 Å². The molecule has 4 aromatic rings. The van der Waals surface area contributed by atoms with E-state index < -0.39 is 12.0 Å². The minimum Gasteiger partial charge on any atom is -0.355 e. The lowest BCUT2D eigenvalue weighted by molar-refractivity contribution is -0.146. The minimum absolute atomic E-state index is 0.0234. The summed E-state index contributed by atoms with van der Waals surface area (Å²) in [6.07, 6.45) is -1.79. The number of piperidine rings is 1. The van der Waals surface area contributed by atoms with E-state index in [1.807, 2.05) is 35.2 Å². The van der Waals surface area contributed by atoms with E-state index in [4.69, 9.17) is 0 Å². The Balaban J connectivity index is 1.22. The first-order valence-electron chi connectivity index (χ1n) is 10.3. The van der Waals surface area contributed by atoms with E-state index in [0.29, 0.717) is 42.1 Å². The molecule has 1 aliphatic rings. The lowest BCUT2D eigenvalue weighted by Gasteiger charge is -2.31. The van der Waals surface area contributed by atoms with Gasteiger partial charge < -0.3 is 10.2 Å². The molecule has 4 heterocycles. The first-order chi connectivity index (χ1) is 15.9. The lowest BCUT2D eigenvalue weighted by Crippen LogP contribution is -2.38. The third kappa shape index (κ3) is 4.23. The van der Waals surface area contributed by atoms with Crippen LogP contribution >= 0.6 is 0 Å². The molecule has 5 rings (SSSR count). The van der Waals surface area contributed by atoms with Crippen LogP contribution in [0.15, 0.2) is 54.7 Å². The summed E-state index contributed by atoms with van der Waals surface area (Å²) in [5.74, 6) is -0.676. The van der Waals surface area contributed by atoms with E-state index in [-0.39, 0.29) is 17.5 Å². The molecule has 0 saturated carbocycles. The summed E-state index contributed by atoms with van der Waals surface area (Å²) in [5.41, 5.74) is 0.910. The van der Waals surface area contributed by atoms with Gasteiger partial charge in [0.15, 0.2) is 11.5 Å².